The third kappa shape index (κ3) is 3.10. The van der Waals surface area contributed by atoms with Crippen molar-refractivity contribution >= 4 is 11.8 Å². The standard InChI is InChI=1S/C16H23N3O4/c1-10-12(11(2)23-17-10)8-15(20)19-6-4-13-14(5-7-19)22-9-16(21)18(13)3/h13-14H,4-9H2,1-3H3/t13-,14-/m0/s1. The van der Waals surface area contributed by atoms with E-state index in [2.05, 4.69) is 5.16 Å². The summed E-state index contributed by atoms with van der Waals surface area (Å²) in [7, 11) is 1.82. The number of amides is 2. The summed E-state index contributed by atoms with van der Waals surface area (Å²) in [5.41, 5.74) is 1.65. The minimum atomic E-state index is 0.0155. The quantitative estimate of drug-likeness (QED) is 0.801. The maximum absolute atomic E-state index is 12.6. The molecule has 2 amide bonds. The summed E-state index contributed by atoms with van der Waals surface area (Å²) in [4.78, 5) is 28.0. The van der Waals surface area contributed by atoms with Gasteiger partial charge in [0.05, 0.1) is 24.3 Å². The highest BCUT2D eigenvalue weighted by molar-refractivity contribution is 5.80. The molecule has 126 valence electrons. The molecule has 0 aromatic carbocycles. The highest BCUT2D eigenvalue weighted by atomic mass is 16.5. The number of rotatable bonds is 2. The Balaban J connectivity index is 1.66. The number of nitrogens with zero attached hydrogens (tertiary/aromatic N) is 3. The molecular weight excluding hydrogens is 298 g/mol. The highest BCUT2D eigenvalue weighted by Crippen LogP contribution is 2.24. The van der Waals surface area contributed by atoms with Crippen LogP contribution in [0.3, 0.4) is 0 Å². The Kier molecular flexibility index (Phi) is 4.39. The van der Waals surface area contributed by atoms with Crippen LogP contribution in [0, 0.1) is 13.8 Å². The van der Waals surface area contributed by atoms with Crippen LogP contribution in [0.25, 0.3) is 0 Å². The summed E-state index contributed by atoms with van der Waals surface area (Å²) in [6, 6.07) is 0.0631. The number of aromatic nitrogens is 1. The van der Waals surface area contributed by atoms with Crippen LogP contribution >= 0.6 is 0 Å². The number of ether oxygens (including phenoxy) is 1. The zero-order valence-corrected chi connectivity index (χ0v) is 13.9. The summed E-state index contributed by atoms with van der Waals surface area (Å²) in [5, 5.41) is 3.90. The molecule has 3 rings (SSSR count). The van der Waals surface area contributed by atoms with Crippen LogP contribution in [0.1, 0.15) is 29.9 Å². The molecule has 0 bridgehead atoms. The number of hydrogen-bond donors (Lipinski definition) is 0. The van der Waals surface area contributed by atoms with Crippen LogP contribution in [0.2, 0.25) is 0 Å². The number of likely N-dealkylation sites (N-methyl/N-ethyl adjacent to an activating group) is 1. The Morgan fingerprint density at radius 2 is 2.04 bits per heavy atom. The van der Waals surface area contributed by atoms with Gasteiger partial charge in [-0.3, -0.25) is 9.59 Å². The van der Waals surface area contributed by atoms with Crippen LogP contribution in [0.15, 0.2) is 4.52 Å². The maximum Gasteiger partial charge on any atom is 0.248 e. The van der Waals surface area contributed by atoms with Crippen LogP contribution in [-0.2, 0) is 20.7 Å². The Hall–Kier alpha value is -1.89. The first-order chi connectivity index (χ1) is 11.0. The van der Waals surface area contributed by atoms with Crippen molar-refractivity contribution in [3.63, 3.8) is 0 Å². The number of aryl methyl sites for hydroxylation is 2. The maximum atomic E-state index is 12.6. The van der Waals surface area contributed by atoms with Gasteiger partial charge in [0, 0.05) is 25.7 Å². The molecule has 2 aliphatic heterocycles. The number of carbonyl (C=O) groups excluding carboxylic acids is 2. The topological polar surface area (TPSA) is 75.9 Å². The molecule has 2 aliphatic rings. The molecule has 2 saturated heterocycles. The summed E-state index contributed by atoms with van der Waals surface area (Å²) in [5.74, 6) is 0.793. The number of likely N-dealkylation sites (tertiary alicyclic amines) is 1. The van der Waals surface area contributed by atoms with Gasteiger partial charge in [-0.25, -0.2) is 0 Å². The first-order valence-corrected chi connectivity index (χ1v) is 8.04. The van der Waals surface area contributed by atoms with Gasteiger partial charge in [0.2, 0.25) is 11.8 Å². The van der Waals surface area contributed by atoms with E-state index in [4.69, 9.17) is 9.26 Å². The molecule has 2 fully saturated rings. The molecule has 0 unspecified atom stereocenters. The lowest BCUT2D eigenvalue weighted by Crippen LogP contribution is -2.52. The van der Waals surface area contributed by atoms with Gasteiger partial charge in [-0.1, -0.05) is 5.16 Å². The van der Waals surface area contributed by atoms with Gasteiger partial charge in [0.15, 0.2) is 0 Å². The summed E-state index contributed by atoms with van der Waals surface area (Å²) < 4.78 is 10.8. The fraction of sp³-hybridized carbons (Fsp3) is 0.688. The van der Waals surface area contributed by atoms with E-state index in [0.717, 1.165) is 24.1 Å². The average molecular weight is 321 g/mol. The first kappa shape index (κ1) is 16.0. The predicted octanol–water partition coefficient (Wildman–Crippen LogP) is 0.682. The molecule has 0 spiro atoms. The van der Waals surface area contributed by atoms with Crippen LogP contribution < -0.4 is 0 Å². The van der Waals surface area contributed by atoms with Gasteiger partial charge >= 0.3 is 0 Å². The zero-order valence-electron chi connectivity index (χ0n) is 13.9. The van der Waals surface area contributed by atoms with E-state index < -0.39 is 0 Å². The van der Waals surface area contributed by atoms with E-state index in [1.807, 2.05) is 25.8 Å². The minimum absolute atomic E-state index is 0.0155. The molecule has 0 aliphatic carbocycles. The van der Waals surface area contributed by atoms with Crippen molar-refractivity contribution in [3.8, 4) is 0 Å². The SMILES string of the molecule is Cc1noc(C)c1CC(=O)N1CC[C@@H]2OCC(=O)N(C)[C@H]2CC1. The summed E-state index contributed by atoms with van der Waals surface area (Å²) >= 11 is 0. The monoisotopic (exact) mass is 321 g/mol. The molecule has 7 heteroatoms. The van der Waals surface area contributed by atoms with Crippen LogP contribution in [0.5, 0.6) is 0 Å². The second-order valence-electron chi connectivity index (χ2n) is 6.36. The normalized spacial score (nSPS) is 25.3. The fourth-order valence-corrected chi connectivity index (χ4v) is 3.43. The van der Waals surface area contributed by atoms with E-state index in [0.29, 0.717) is 25.3 Å². The van der Waals surface area contributed by atoms with Crippen molar-refractivity contribution in [2.45, 2.75) is 45.3 Å². The number of hydrogen-bond acceptors (Lipinski definition) is 5. The van der Waals surface area contributed by atoms with E-state index in [1.165, 1.54) is 0 Å². The number of fused-ring (bicyclic) bond motifs is 1. The summed E-state index contributed by atoms with van der Waals surface area (Å²) in [6.07, 6.45) is 1.84. The Morgan fingerprint density at radius 1 is 1.30 bits per heavy atom. The molecule has 23 heavy (non-hydrogen) atoms. The molecule has 7 nitrogen and oxygen atoms in total. The third-order valence-corrected chi connectivity index (χ3v) is 4.98. The first-order valence-electron chi connectivity index (χ1n) is 8.04. The average Bonchev–Trinajstić information content (AvgIpc) is 2.75. The van der Waals surface area contributed by atoms with E-state index in [9.17, 15) is 9.59 Å². The van der Waals surface area contributed by atoms with Crippen LogP contribution in [-0.4, -0.2) is 65.7 Å². The van der Waals surface area contributed by atoms with Crippen LogP contribution in [0.4, 0.5) is 0 Å². The van der Waals surface area contributed by atoms with Gasteiger partial charge in [-0.15, -0.1) is 0 Å². The van der Waals surface area contributed by atoms with Crippen molar-refractivity contribution < 1.29 is 18.8 Å². The van der Waals surface area contributed by atoms with Gasteiger partial charge in [0.25, 0.3) is 0 Å². The molecule has 0 radical (unpaired) electrons. The minimum Gasteiger partial charge on any atom is -0.366 e. The van der Waals surface area contributed by atoms with Crippen molar-refractivity contribution in [2.24, 2.45) is 0 Å². The Bertz CT molecular complexity index is 593. The number of carbonyl (C=O) groups is 2. The second-order valence-corrected chi connectivity index (χ2v) is 6.36. The van der Waals surface area contributed by atoms with Gasteiger partial charge < -0.3 is 19.1 Å². The lowest BCUT2D eigenvalue weighted by molar-refractivity contribution is -0.154. The second kappa shape index (κ2) is 6.31. The van der Waals surface area contributed by atoms with E-state index >= 15 is 0 Å². The van der Waals surface area contributed by atoms with Crippen molar-refractivity contribution in [2.75, 3.05) is 26.7 Å². The number of morpholine rings is 1. The van der Waals surface area contributed by atoms with E-state index in [-0.39, 0.29) is 30.6 Å². The molecule has 0 saturated carbocycles. The predicted molar refractivity (Wildman–Crippen MR) is 81.8 cm³/mol. The van der Waals surface area contributed by atoms with Gasteiger partial charge in [-0.05, 0) is 26.7 Å². The van der Waals surface area contributed by atoms with Crippen molar-refractivity contribution in [1.82, 2.24) is 15.0 Å². The molecule has 0 N–H and O–H groups in total. The fourth-order valence-electron chi connectivity index (χ4n) is 3.43. The molecule has 1 aromatic heterocycles. The van der Waals surface area contributed by atoms with Gasteiger partial charge in [0.1, 0.15) is 12.4 Å². The van der Waals surface area contributed by atoms with Crippen molar-refractivity contribution in [3.05, 3.63) is 17.0 Å². The lowest BCUT2D eigenvalue weighted by Gasteiger charge is -2.37. The Labute approximate surface area is 135 Å². The third-order valence-electron chi connectivity index (χ3n) is 4.98. The largest absolute Gasteiger partial charge is 0.366 e. The van der Waals surface area contributed by atoms with Crippen molar-refractivity contribution in [1.29, 1.82) is 0 Å². The Morgan fingerprint density at radius 3 is 2.74 bits per heavy atom. The molecular formula is C16H23N3O4. The summed E-state index contributed by atoms with van der Waals surface area (Å²) in [6.45, 7) is 5.12. The zero-order chi connectivity index (χ0) is 16.6. The van der Waals surface area contributed by atoms with E-state index in [1.54, 1.807) is 4.90 Å². The highest BCUT2D eigenvalue weighted by Gasteiger charge is 2.37. The van der Waals surface area contributed by atoms with Gasteiger partial charge in [-0.2, -0.15) is 0 Å². The lowest BCUT2D eigenvalue weighted by atomic mass is 10.0. The molecule has 2 atom stereocenters. The smallest absolute Gasteiger partial charge is 0.248 e. The molecule has 3 heterocycles. The molecule has 1 aromatic rings.